The number of thiazole rings is 1. The Morgan fingerprint density at radius 1 is 1.53 bits per heavy atom. The second-order valence-electron chi connectivity index (χ2n) is 3.59. The average molecular weight is 248 g/mol. The van der Waals surface area contributed by atoms with E-state index in [4.69, 9.17) is 0 Å². The lowest BCUT2D eigenvalue weighted by atomic mass is 10.2. The second-order valence-corrected chi connectivity index (χ2v) is 4.45. The summed E-state index contributed by atoms with van der Waals surface area (Å²) >= 11 is 1.51. The van der Waals surface area contributed by atoms with E-state index in [1.54, 1.807) is 12.4 Å². The molecule has 0 spiro atoms. The molecule has 2 heterocycles. The minimum Gasteiger partial charge on any atom is -0.469 e. The normalized spacial score (nSPS) is 10.2. The number of nitrogens with zero attached hydrogens (tertiary/aromatic N) is 2. The van der Waals surface area contributed by atoms with Crippen LogP contribution in [0.5, 0.6) is 0 Å². The number of rotatable bonds is 3. The molecule has 0 saturated heterocycles. The van der Waals surface area contributed by atoms with Crippen molar-refractivity contribution in [2.24, 2.45) is 0 Å². The number of aryl methyl sites for hydroxylation is 1. The first-order valence-electron chi connectivity index (χ1n) is 5.13. The highest BCUT2D eigenvalue weighted by atomic mass is 32.1. The highest BCUT2D eigenvalue weighted by Crippen LogP contribution is 2.25. The molecule has 0 aliphatic carbocycles. The molecule has 0 N–H and O–H groups in total. The molecule has 0 atom stereocenters. The van der Waals surface area contributed by atoms with Gasteiger partial charge >= 0.3 is 5.97 Å². The molecule has 0 fully saturated rings. The minimum absolute atomic E-state index is 0.215. The Morgan fingerprint density at radius 2 is 2.35 bits per heavy atom. The molecule has 2 rings (SSSR count). The zero-order chi connectivity index (χ0) is 12.3. The van der Waals surface area contributed by atoms with Crippen molar-refractivity contribution >= 4 is 17.3 Å². The van der Waals surface area contributed by atoms with Crippen LogP contribution in [-0.4, -0.2) is 23.0 Å². The fraction of sp³-hybridized carbons (Fsp3) is 0.250. The number of carbonyl (C=O) groups is 1. The van der Waals surface area contributed by atoms with Crippen LogP contribution >= 0.6 is 11.3 Å². The largest absolute Gasteiger partial charge is 0.469 e. The van der Waals surface area contributed by atoms with E-state index in [1.807, 2.05) is 18.4 Å². The van der Waals surface area contributed by atoms with E-state index in [-0.39, 0.29) is 12.4 Å². The number of ether oxygens (including phenoxy) is 1. The fourth-order valence-corrected chi connectivity index (χ4v) is 2.31. The zero-order valence-electron chi connectivity index (χ0n) is 9.64. The summed E-state index contributed by atoms with van der Waals surface area (Å²) in [6.45, 7) is 2.01. The van der Waals surface area contributed by atoms with Gasteiger partial charge in [0.2, 0.25) is 0 Å². The maximum Gasteiger partial charge on any atom is 0.311 e. The third-order valence-corrected chi connectivity index (χ3v) is 3.30. The van der Waals surface area contributed by atoms with E-state index < -0.39 is 0 Å². The van der Waals surface area contributed by atoms with Crippen molar-refractivity contribution in [3.8, 4) is 10.6 Å². The summed E-state index contributed by atoms with van der Waals surface area (Å²) in [4.78, 5) is 19.6. The molecule has 0 aliphatic heterocycles. The molecule has 0 amide bonds. The van der Waals surface area contributed by atoms with Crippen LogP contribution in [0, 0.1) is 6.92 Å². The third-order valence-electron chi connectivity index (χ3n) is 2.37. The molecule has 0 saturated carbocycles. The fourth-order valence-electron chi connectivity index (χ4n) is 1.42. The van der Waals surface area contributed by atoms with Crippen molar-refractivity contribution in [2.45, 2.75) is 13.3 Å². The van der Waals surface area contributed by atoms with Gasteiger partial charge < -0.3 is 4.74 Å². The molecule has 17 heavy (non-hydrogen) atoms. The van der Waals surface area contributed by atoms with Gasteiger partial charge in [-0.2, -0.15) is 0 Å². The molecule has 4 nitrogen and oxygen atoms in total. The molecule has 0 bridgehead atoms. The first-order chi connectivity index (χ1) is 8.20. The van der Waals surface area contributed by atoms with Gasteiger partial charge in [0.15, 0.2) is 0 Å². The zero-order valence-corrected chi connectivity index (χ0v) is 10.5. The van der Waals surface area contributed by atoms with Gasteiger partial charge in [-0.25, -0.2) is 4.98 Å². The van der Waals surface area contributed by atoms with Gasteiger partial charge in [-0.1, -0.05) is 0 Å². The average Bonchev–Trinajstić information content (AvgIpc) is 2.78. The lowest BCUT2D eigenvalue weighted by Crippen LogP contribution is -2.04. The summed E-state index contributed by atoms with van der Waals surface area (Å²) in [5.41, 5.74) is 2.87. The van der Waals surface area contributed by atoms with E-state index in [1.165, 1.54) is 18.4 Å². The van der Waals surface area contributed by atoms with E-state index in [0.717, 1.165) is 21.8 Å². The highest BCUT2D eigenvalue weighted by Gasteiger charge is 2.10. The van der Waals surface area contributed by atoms with Crippen LogP contribution in [0.3, 0.4) is 0 Å². The Hall–Kier alpha value is -1.75. The highest BCUT2D eigenvalue weighted by molar-refractivity contribution is 7.13. The van der Waals surface area contributed by atoms with E-state index in [0.29, 0.717) is 0 Å². The lowest BCUT2D eigenvalue weighted by Gasteiger charge is -1.99. The van der Waals surface area contributed by atoms with E-state index in [9.17, 15) is 4.79 Å². The van der Waals surface area contributed by atoms with Crippen LogP contribution in [0.15, 0.2) is 23.8 Å². The van der Waals surface area contributed by atoms with Crippen LogP contribution in [0.25, 0.3) is 10.6 Å². The van der Waals surface area contributed by atoms with Crippen molar-refractivity contribution in [3.63, 3.8) is 0 Å². The van der Waals surface area contributed by atoms with Gasteiger partial charge in [0.1, 0.15) is 5.01 Å². The Kier molecular flexibility index (Phi) is 3.49. The quantitative estimate of drug-likeness (QED) is 0.782. The van der Waals surface area contributed by atoms with Crippen LogP contribution < -0.4 is 0 Å². The van der Waals surface area contributed by atoms with Crippen molar-refractivity contribution in [2.75, 3.05) is 7.11 Å². The SMILES string of the molecule is COC(=O)Cc1csc(-c2cnccc2C)n1. The third kappa shape index (κ3) is 2.68. The van der Waals surface area contributed by atoms with Gasteiger partial charge in [0, 0.05) is 23.3 Å². The van der Waals surface area contributed by atoms with E-state index in [2.05, 4.69) is 14.7 Å². The van der Waals surface area contributed by atoms with Crippen molar-refractivity contribution in [3.05, 3.63) is 35.1 Å². The smallest absolute Gasteiger partial charge is 0.311 e. The molecular formula is C12H12N2O2S. The number of hydrogen-bond donors (Lipinski definition) is 0. The Bertz CT molecular complexity index is 537. The van der Waals surface area contributed by atoms with Crippen LogP contribution in [-0.2, 0) is 16.0 Å². The summed E-state index contributed by atoms with van der Waals surface area (Å²) < 4.78 is 4.61. The molecular weight excluding hydrogens is 236 g/mol. The van der Waals surface area contributed by atoms with Crippen molar-refractivity contribution in [1.82, 2.24) is 9.97 Å². The summed E-state index contributed by atoms with van der Waals surface area (Å²) in [6, 6.07) is 1.94. The van der Waals surface area contributed by atoms with Crippen LogP contribution in [0.2, 0.25) is 0 Å². The molecule has 5 heteroatoms. The number of esters is 1. The Labute approximate surface area is 103 Å². The number of aromatic nitrogens is 2. The molecule has 2 aromatic rings. The number of methoxy groups -OCH3 is 1. The van der Waals surface area contributed by atoms with Gasteiger partial charge in [-0.05, 0) is 18.6 Å². The molecule has 2 aromatic heterocycles. The Balaban J connectivity index is 2.24. The van der Waals surface area contributed by atoms with Gasteiger partial charge in [0.25, 0.3) is 0 Å². The molecule has 0 aromatic carbocycles. The summed E-state index contributed by atoms with van der Waals surface area (Å²) in [5, 5.41) is 2.76. The second kappa shape index (κ2) is 5.05. The predicted octanol–water partition coefficient (Wildman–Crippen LogP) is 2.23. The molecule has 88 valence electrons. The first-order valence-corrected chi connectivity index (χ1v) is 6.01. The maximum atomic E-state index is 11.1. The van der Waals surface area contributed by atoms with Gasteiger partial charge in [-0.3, -0.25) is 9.78 Å². The van der Waals surface area contributed by atoms with Gasteiger partial charge in [-0.15, -0.1) is 11.3 Å². The van der Waals surface area contributed by atoms with E-state index >= 15 is 0 Å². The summed E-state index contributed by atoms with van der Waals surface area (Å²) in [6.07, 6.45) is 3.75. The van der Waals surface area contributed by atoms with Crippen molar-refractivity contribution < 1.29 is 9.53 Å². The van der Waals surface area contributed by atoms with Gasteiger partial charge in [0.05, 0.1) is 19.2 Å². The standard InChI is InChI=1S/C12H12N2O2S/c1-8-3-4-13-6-10(8)12-14-9(7-17-12)5-11(15)16-2/h3-4,6-7H,5H2,1-2H3. The Morgan fingerprint density at radius 3 is 3.06 bits per heavy atom. The summed E-state index contributed by atoms with van der Waals surface area (Å²) in [5.74, 6) is -0.273. The summed E-state index contributed by atoms with van der Waals surface area (Å²) in [7, 11) is 1.38. The number of hydrogen-bond acceptors (Lipinski definition) is 5. The number of carbonyl (C=O) groups excluding carboxylic acids is 1. The van der Waals surface area contributed by atoms with Crippen LogP contribution in [0.4, 0.5) is 0 Å². The molecule has 0 radical (unpaired) electrons. The van der Waals surface area contributed by atoms with Crippen molar-refractivity contribution in [1.29, 1.82) is 0 Å². The first kappa shape index (κ1) is 11.7. The van der Waals surface area contributed by atoms with Crippen LogP contribution in [0.1, 0.15) is 11.3 Å². The predicted molar refractivity (Wildman–Crippen MR) is 65.8 cm³/mol. The molecule has 0 unspecified atom stereocenters. The molecule has 0 aliphatic rings. The number of pyridine rings is 1. The lowest BCUT2D eigenvalue weighted by molar-refractivity contribution is -0.139. The monoisotopic (exact) mass is 248 g/mol. The topological polar surface area (TPSA) is 52.1 Å². The minimum atomic E-state index is -0.273. The maximum absolute atomic E-state index is 11.1.